The number of hydrazine groups is 1. The van der Waals surface area contributed by atoms with Gasteiger partial charge in [0.1, 0.15) is 6.04 Å². The zero-order chi connectivity index (χ0) is 17.6. The fraction of sp³-hybridized carbons (Fsp3) is 0.588. The van der Waals surface area contributed by atoms with E-state index in [1.165, 1.54) is 6.07 Å². The van der Waals surface area contributed by atoms with Crippen molar-refractivity contribution in [3.05, 3.63) is 35.4 Å². The maximum absolute atomic E-state index is 13.7. The first kappa shape index (κ1) is 17.8. The lowest BCUT2D eigenvalue weighted by atomic mass is 9.85. The molecule has 0 aliphatic carbocycles. The molecule has 1 aliphatic heterocycles. The molecule has 1 amide bonds. The van der Waals surface area contributed by atoms with Gasteiger partial charge in [-0.25, -0.2) is 5.01 Å². The standard InChI is InChI=1S/C17H23F3N2O/c1-15(2,3)12-8-6-7-11(9-12)13(17(18,19)20)22-10-16(4,5)14(23)21-22/h6-9,13H,10H2,1-5H3,(H,21,23). The highest BCUT2D eigenvalue weighted by molar-refractivity contribution is 5.83. The van der Waals surface area contributed by atoms with E-state index in [-0.39, 0.29) is 17.5 Å². The van der Waals surface area contributed by atoms with Crippen LogP contribution in [0.3, 0.4) is 0 Å². The Balaban J connectivity index is 2.44. The maximum Gasteiger partial charge on any atom is 0.409 e. The van der Waals surface area contributed by atoms with E-state index >= 15 is 0 Å². The predicted octanol–water partition coefficient (Wildman–Crippen LogP) is 3.96. The van der Waals surface area contributed by atoms with Crippen LogP contribution in [0.2, 0.25) is 0 Å². The second-order valence-corrected chi connectivity index (χ2v) is 7.77. The summed E-state index contributed by atoms with van der Waals surface area (Å²) in [7, 11) is 0. The Kier molecular flexibility index (Phi) is 4.26. The Hall–Kier alpha value is -1.56. The summed E-state index contributed by atoms with van der Waals surface area (Å²) < 4.78 is 41.0. The molecule has 2 rings (SSSR count). The summed E-state index contributed by atoms with van der Waals surface area (Å²) >= 11 is 0. The lowest BCUT2D eigenvalue weighted by molar-refractivity contribution is -0.191. The molecule has 0 bridgehead atoms. The van der Waals surface area contributed by atoms with Crippen molar-refractivity contribution in [2.75, 3.05) is 6.54 Å². The van der Waals surface area contributed by atoms with Gasteiger partial charge in [0.2, 0.25) is 5.91 Å². The summed E-state index contributed by atoms with van der Waals surface area (Å²) in [5, 5.41) is 1.00. The summed E-state index contributed by atoms with van der Waals surface area (Å²) in [4.78, 5) is 11.9. The van der Waals surface area contributed by atoms with Crippen molar-refractivity contribution < 1.29 is 18.0 Å². The summed E-state index contributed by atoms with van der Waals surface area (Å²) in [5.74, 6) is -0.390. The lowest BCUT2D eigenvalue weighted by Gasteiger charge is -2.31. The van der Waals surface area contributed by atoms with Crippen LogP contribution in [-0.4, -0.2) is 23.6 Å². The van der Waals surface area contributed by atoms with Gasteiger partial charge < -0.3 is 0 Å². The van der Waals surface area contributed by atoms with Crippen LogP contribution in [0.4, 0.5) is 13.2 Å². The van der Waals surface area contributed by atoms with Gasteiger partial charge in [-0.3, -0.25) is 10.2 Å². The Morgan fingerprint density at radius 2 is 1.83 bits per heavy atom. The van der Waals surface area contributed by atoms with E-state index in [0.29, 0.717) is 0 Å². The van der Waals surface area contributed by atoms with Crippen molar-refractivity contribution in [2.24, 2.45) is 5.41 Å². The molecule has 0 aromatic heterocycles. The molecule has 6 heteroatoms. The van der Waals surface area contributed by atoms with Gasteiger partial charge in [-0.1, -0.05) is 45.0 Å². The first-order valence-corrected chi connectivity index (χ1v) is 7.57. The summed E-state index contributed by atoms with van der Waals surface area (Å²) in [5.41, 5.74) is 2.26. The number of hydrogen-bond donors (Lipinski definition) is 1. The molecule has 0 spiro atoms. The van der Waals surface area contributed by atoms with E-state index in [9.17, 15) is 18.0 Å². The SMILES string of the molecule is CC1(C)CN(C(c2cccc(C(C)(C)C)c2)C(F)(F)F)NC1=O. The largest absolute Gasteiger partial charge is 0.409 e. The van der Waals surface area contributed by atoms with Crippen molar-refractivity contribution in [3.63, 3.8) is 0 Å². The summed E-state index contributed by atoms with van der Waals surface area (Å²) in [6.07, 6.45) is -4.48. The molecule has 1 saturated heterocycles. The van der Waals surface area contributed by atoms with E-state index in [0.717, 1.165) is 10.6 Å². The minimum atomic E-state index is -4.48. The zero-order valence-corrected chi connectivity index (χ0v) is 14.1. The molecule has 1 aromatic carbocycles. The van der Waals surface area contributed by atoms with Gasteiger partial charge in [0, 0.05) is 6.54 Å². The van der Waals surface area contributed by atoms with E-state index in [1.54, 1.807) is 26.0 Å². The van der Waals surface area contributed by atoms with Crippen LogP contribution in [0.15, 0.2) is 24.3 Å². The number of hydrogen-bond acceptors (Lipinski definition) is 2. The van der Waals surface area contributed by atoms with Crippen LogP contribution in [0.25, 0.3) is 0 Å². The number of nitrogens with zero attached hydrogens (tertiary/aromatic N) is 1. The van der Waals surface area contributed by atoms with Crippen molar-refractivity contribution in [3.8, 4) is 0 Å². The van der Waals surface area contributed by atoms with Gasteiger partial charge in [-0.05, 0) is 30.4 Å². The van der Waals surface area contributed by atoms with Crippen molar-refractivity contribution in [1.29, 1.82) is 0 Å². The van der Waals surface area contributed by atoms with Gasteiger partial charge in [-0.2, -0.15) is 13.2 Å². The molecule has 3 nitrogen and oxygen atoms in total. The second-order valence-electron chi connectivity index (χ2n) is 7.77. The van der Waals surface area contributed by atoms with Crippen LogP contribution in [0, 0.1) is 5.41 Å². The number of benzene rings is 1. The predicted molar refractivity (Wildman–Crippen MR) is 82.6 cm³/mol. The first-order chi connectivity index (χ1) is 10.3. The summed E-state index contributed by atoms with van der Waals surface area (Å²) in [6.45, 7) is 9.15. The van der Waals surface area contributed by atoms with Crippen molar-refractivity contribution in [2.45, 2.75) is 52.3 Å². The van der Waals surface area contributed by atoms with Crippen molar-refractivity contribution >= 4 is 5.91 Å². The highest BCUT2D eigenvalue weighted by Gasteiger charge is 2.51. The molecule has 128 valence electrons. The highest BCUT2D eigenvalue weighted by atomic mass is 19.4. The van der Waals surface area contributed by atoms with Crippen LogP contribution in [0.1, 0.15) is 51.8 Å². The minimum absolute atomic E-state index is 0.00968. The number of alkyl halides is 3. The molecule has 1 atom stereocenters. The number of carbonyl (C=O) groups excluding carboxylic acids is 1. The Morgan fingerprint density at radius 3 is 2.26 bits per heavy atom. The molecule has 1 heterocycles. The van der Waals surface area contributed by atoms with E-state index < -0.39 is 23.5 Å². The number of nitrogens with one attached hydrogen (secondary N) is 1. The van der Waals surface area contributed by atoms with Crippen LogP contribution in [-0.2, 0) is 10.2 Å². The van der Waals surface area contributed by atoms with Crippen molar-refractivity contribution in [1.82, 2.24) is 10.4 Å². The van der Waals surface area contributed by atoms with Crippen LogP contribution < -0.4 is 5.43 Å². The minimum Gasteiger partial charge on any atom is -0.287 e. The molecular formula is C17H23F3N2O. The third-order valence-corrected chi connectivity index (χ3v) is 4.12. The highest BCUT2D eigenvalue weighted by Crippen LogP contribution is 2.41. The van der Waals surface area contributed by atoms with Gasteiger partial charge >= 0.3 is 6.18 Å². The van der Waals surface area contributed by atoms with Crippen LogP contribution >= 0.6 is 0 Å². The Bertz CT molecular complexity index is 603. The number of rotatable bonds is 2. The zero-order valence-electron chi connectivity index (χ0n) is 14.1. The molecule has 0 radical (unpaired) electrons. The van der Waals surface area contributed by atoms with E-state index in [2.05, 4.69) is 5.43 Å². The average Bonchev–Trinajstić information content (AvgIpc) is 2.60. The molecule has 1 unspecified atom stereocenters. The smallest absolute Gasteiger partial charge is 0.287 e. The molecule has 1 fully saturated rings. The second kappa shape index (κ2) is 5.51. The fourth-order valence-corrected chi connectivity index (χ4v) is 2.70. The van der Waals surface area contributed by atoms with E-state index in [1.807, 2.05) is 26.8 Å². The summed E-state index contributed by atoms with van der Waals surface area (Å²) in [6, 6.07) is 4.65. The van der Waals surface area contributed by atoms with Gasteiger partial charge in [-0.15, -0.1) is 0 Å². The molecule has 23 heavy (non-hydrogen) atoms. The number of amides is 1. The van der Waals surface area contributed by atoms with Gasteiger partial charge in [0.15, 0.2) is 0 Å². The topological polar surface area (TPSA) is 32.3 Å². The van der Waals surface area contributed by atoms with Gasteiger partial charge in [0.05, 0.1) is 5.41 Å². The normalized spacial score (nSPS) is 20.4. The molecule has 1 N–H and O–H groups in total. The maximum atomic E-state index is 13.7. The third-order valence-electron chi connectivity index (χ3n) is 4.12. The molecule has 1 aromatic rings. The molecular weight excluding hydrogens is 305 g/mol. The quantitative estimate of drug-likeness (QED) is 0.891. The van der Waals surface area contributed by atoms with Crippen LogP contribution in [0.5, 0.6) is 0 Å². The first-order valence-electron chi connectivity index (χ1n) is 7.57. The lowest BCUT2D eigenvalue weighted by Crippen LogP contribution is -2.43. The van der Waals surface area contributed by atoms with Gasteiger partial charge in [0.25, 0.3) is 0 Å². The Morgan fingerprint density at radius 1 is 1.22 bits per heavy atom. The molecule has 1 aliphatic rings. The monoisotopic (exact) mass is 328 g/mol. The number of halogens is 3. The van der Waals surface area contributed by atoms with E-state index in [4.69, 9.17) is 0 Å². The Labute approximate surface area is 134 Å². The number of carbonyl (C=O) groups is 1. The third kappa shape index (κ3) is 3.68. The fourth-order valence-electron chi connectivity index (χ4n) is 2.70. The molecule has 0 saturated carbocycles. The average molecular weight is 328 g/mol.